The van der Waals surface area contributed by atoms with Crippen LogP contribution in [0.4, 0.5) is 5.69 Å². The van der Waals surface area contributed by atoms with Crippen molar-refractivity contribution in [3.63, 3.8) is 0 Å². The van der Waals surface area contributed by atoms with Crippen LogP contribution in [0.25, 0.3) is 6.08 Å². The number of methoxy groups -OCH3 is 1. The van der Waals surface area contributed by atoms with E-state index in [1.54, 1.807) is 24.3 Å². The number of ether oxygens (including phenoxy) is 3. The maximum Gasteiger partial charge on any atom is 0.337 e. The molecule has 3 aromatic carbocycles. The molecule has 184 valence electrons. The van der Waals surface area contributed by atoms with Crippen LogP contribution < -0.4 is 14.8 Å². The summed E-state index contributed by atoms with van der Waals surface area (Å²) in [6, 6.07) is 19.3. The number of hydrogen-bond acceptors (Lipinski definition) is 6. The first kappa shape index (κ1) is 27.0. The number of carbonyl (C=O) groups is 2. The normalized spacial score (nSPS) is 10.8. The monoisotopic (exact) mass is 612 g/mol. The van der Waals surface area contributed by atoms with Gasteiger partial charge in [-0.05, 0) is 77.0 Å². The van der Waals surface area contributed by atoms with E-state index in [9.17, 15) is 14.9 Å². The molecule has 0 unspecified atom stereocenters. The van der Waals surface area contributed by atoms with Crippen molar-refractivity contribution in [2.24, 2.45) is 0 Å². The first-order valence-corrected chi connectivity index (χ1v) is 12.4. The van der Waals surface area contributed by atoms with Crippen molar-refractivity contribution < 1.29 is 23.8 Å². The molecule has 3 aromatic rings. The highest BCUT2D eigenvalue weighted by atomic mass is 79.9. The van der Waals surface area contributed by atoms with Crippen molar-refractivity contribution in [1.82, 2.24) is 0 Å². The molecule has 7 nitrogen and oxygen atoms in total. The van der Waals surface area contributed by atoms with Crippen molar-refractivity contribution >= 4 is 55.5 Å². The van der Waals surface area contributed by atoms with Gasteiger partial charge >= 0.3 is 5.97 Å². The maximum absolute atomic E-state index is 12.7. The Balaban J connectivity index is 1.82. The molecule has 0 saturated heterocycles. The van der Waals surface area contributed by atoms with Gasteiger partial charge < -0.3 is 19.5 Å². The second-order valence-electron chi connectivity index (χ2n) is 7.34. The van der Waals surface area contributed by atoms with E-state index in [0.717, 1.165) is 10.0 Å². The molecule has 9 heteroatoms. The van der Waals surface area contributed by atoms with E-state index in [1.165, 1.54) is 25.3 Å². The lowest BCUT2D eigenvalue weighted by Crippen LogP contribution is -2.13. The number of hydrogen-bond donors (Lipinski definition) is 1. The zero-order chi connectivity index (χ0) is 26.1. The Morgan fingerprint density at radius 3 is 2.39 bits per heavy atom. The number of nitriles is 1. The summed E-state index contributed by atoms with van der Waals surface area (Å²) in [6.45, 7) is 2.57. The van der Waals surface area contributed by atoms with E-state index in [2.05, 4.69) is 41.9 Å². The van der Waals surface area contributed by atoms with Gasteiger partial charge in [0.15, 0.2) is 11.5 Å². The number of rotatable bonds is 9. The highest BCUT2D eigenvalue weighted by molar-refractivity contribution is 9.10. The third-order valence-electron chi connectivity index (χ3n) is 4.90. The molecule has 0 aromatic heterocycles. The lowest BCUT2D eigenvalue weighted by molar-refractivity contribution is -0.112. The molecule has 1 N–H and O–H groups in total. The Hall–Kier alpha value is -3.61. The maximum atomic E-state index is 12.7. The molecule has 0 saturated carbocycles. The average Bonchev–Trinajstić information content (AvgIpc) is 2.87. The Bertz CT molecular complexity index is 1330. The summed E-state index contributed by atoms with van der Waals surface area (Å²) in [5.41, 5.74) is 2.22. The minimum absolute atomic E-state index is 0.108. The molecule has 36 heavy (non-hydrogen) atoms. The smallest absolute Gasteiger partial charge is 0.337 e. The number of anilines is 1. The third-order valence-corrected chi connectivity index (χ3v) is 6.26. The number of nitrogens with one attached hydrogen (secondary N) is 1. The van der Waals surface area contributed by atoms with Crippen LogP contribution in [0.1, 0.15) is 28.4 Å². The molecule has 0 atom stereocenters. The molecule has 0 spiro atoms. The van der Waals surface area contributed by atoms with Crippen molar-refractivity contribution in [3.05, 3.63) is 91.9 Å². The van der Waals surface area contributed by atoms with Crippen molar-refractivity contribution in [2.75, 3.05) is 19.0 Å². The summed E-state index contributed by atoms with van der Waals surface area (Å²) < 4.78 is 18.0. The SMILES string of the molecule is CCOc1cc(/C=C(\C#N)C(=O)Nc2ccc(C(=O)OC)cc2)cc(Br)c1OCc1ccccc1Br. The van der Waals surface area contributed by atoms with Crippen molar-refractivity contribution in [2.45, 2.75) is 13.5 Å². The summed E-state index contributed by atoms with van der Waals surface area (Å²) in [4.78, 5) is 24.3. The van der Waals surface area contributed by atoms with E-state index < -0.39 is 11.9 Å². The zero-order valence-corrected chi connectivity index (χ0v) is 22.7. The molecular formula is C27H22Br2N2O5. The van der Waals surface area contributed by atoms with Crippen LogP contribution in [0, 0.1) is 11.3 Å². The van der Waals surface area contributed by atoms with Crippen molar-refractivity contribution in [3.8, 4) is 17.6 Å². The number of carbonyl (C=O) groups excluding carboxylic acids is 2. The van der Waals surface area contributed by atoms with Gasteiger partial charge in [-0.1, -0.05) is 34.1 Å². The van der Waals surface area contributed by atoms with Crippen LogP contribution in [-0.4, -0.2) is 25.6 Å². The van der Waals surface area contributed by atoms with Gasteiger partial charge in [0.25, 0.3) is 5.91 Å². The molecule has 0 aliphatic heterocycles. The number of esters is 1. The third kappa shape index (κ3) is 6.97. The number of halogens is 2. The van der Waals surface area contributed by atoms with E-state index in [-0.39, 0.29) is 5.57 Å². The molecule has 0 fully saturated rings. The standard InChI is InChI=1S/C27H22Br2N2O5/c1-3-35-24-14-17(13-23(29)25(24)36-16-19-6-4-5-7-22(19)28)12-20(15-30)26(32)31-21-10-8-18(9-11-21)27(33)34-2/h4-14H,3,16H2,1-2H3,(H,31,32)/b20-12+. The Morgan fingerprint density at radius 2 is 1.75 bits per heavy atom. The van der Waals surface area contributed by atoms with E-state index in [0.29, 0.717) is 46.0 Å². The lowest BCUT2D eigenvalue weighted by atomic mass is 10.1. The molecule has 0 radical (unpaired) electrons. The first-order valence-electron chi connectivity index (χ1n) is 10.8. The highest BCUT2D eigenvalue weighted by Gasteiger charge is 2.15. The van der Waals surface area contributed by atoms with Gasteiger partial charge in [-0.2, -0.15) is 5.26 Å². The van der Waals surface area contributed by atoms with Gasteiger partial charge in [0.1, 0.15) is 18.2 Å². The van der Waals surface area contributed by atoms with Crippen LogP contribution >= 0.6 is 31.9 Å². The fraction of sp³-hybridized carbons (Fsp3) is 0.148. The molecule has 0 aliphatic carbocycles. The largest absolute Gasteiger partial charge is 0.490 e. The molecule has 1 amide bonds. The quantitative estimate of drug-likeness (QED) is 0.168. The topological polar surface area (TPSA) is 97.7 Å². The summed E-state index contributed by atoms with van der Waals surface area (Å²) >= 11 is 7.03. The summed E-state index contributed by atoms with van der Waals surface area (Å²) in [7, 11) is 1.29. The number of nitrogens with zero attached hydrogens (tertiary/aromatic N) is 1. The van der Waals surface area contributed by atoms with Crippen LogP contribution in [0.3, 0.4) is 0 Å². The predicted molar refractivity (Wildman–Crippen MR) is 144 cm³/mol. The van der Waals surface area contributed by atoms with Gasteiger partial charge in [-0.3, -0.25) is 4.79 Å². The molecule has 0 aliphatic rings. The van der Waals surface area contributed by atoms with Crippen LogP contribution in [0.2, 0.25) is 0 Å². The number of benzene rings is 3. The summed E-state index contributed by atoms with van der Waals surface area (Å²) in [6.07, 6.45) is 1.46. The van der Waals surface area contributed by atoms with Crippen LogP contribution in [-0.2, 0) is 16.1 Å². The van der Waals surface area contributed by atoms with Gasteiger partial charge in [0, 0.05) is 15.7 Å². The Morgan fingerprint density at radius 1 is 1.03 bits per heavy atom. The minimum Gasteiger partial charge on any atom is -0.490 e. The fourth-order valence-corrected chi connectivity index (χ4v) is 4.13. The van der Waals surface area contributed by atoms with Gasteiger partial charge in [-0.25, -0.2) is 4.79 Å². The fourth-order valence-electron chi connectivity index (χ4n) is 3.16. The molecule has 3 rings (SSSR count). The van der Waals surface area contributed by atoms with E-state index >= 15 is 0 Å². The zero-order valence-electron chi connectivity index (χ0n) is 19.5. The Labute approximate surface area is 225 Å². The molecular weight excluding hydrogens is 592 g/mol. The second-order valence-corrected chi connectivity index (χ2v) is 9.04. The summed E-state index contributed by atoms with van der Waals surface area (Å²) in [5, 5.41) is 12.3. The molecule has 0 bridgehead atoms. The van der Waals surface area contributed by atoms with E-state index in [1.807, 2.05) is 37.3 Å². The van der Waals surface area contributed by atoms with Crippen LogP contribution in [0.15, 0.2) is 75.2 Å². The molecule has 0 heterocycles. The average molecular weight is 614 g/mol. The van der Waals surface area contributed by atoms with Gasteiger partial charge in [0.2, 0.25) is 0 Å². The minimum atomic E-state index is -0.591. The van der Waals surface area contributed by atoms with Crippen LogP contribution in [0.5, 0.6) is 11.5 Å². The second kappa shape index (κ2) is 12.9. The highest BCUT2D eigenvalue weighted by Crippen LogP contribution is 2.38. The van der Waals surface area contributed by atoms with Crippen molar-refractivity contribution in [1.29, 1.82) is 5.26 Å². The van der Waals surface area contributed by atoms with E-state index in [4.69, 9.17) is 9.47 Å². The lowest BCUT2D eigenvalue weighted by Gasteiger charge is -2.15. The predicted octanol–water partition coefficient (Wildman–Crippen LogP) is 6.52. The number of amides is 1. The first-order chi connectivity index (χ1) is 17.4. The van der Waals surface area contributed by atoms with Gasteiger partial charge in [0.05, 0.1) is 23.8 Å². The Kier molecular flexibility index (Phi) is 9.68. The summed E-state index contributed by atoms with van der Waals surface area (Å²) in [5.74, 6) is -0.0867. The van der Waals surface area contributed by atoms with Gasteiger partial charge in [-0.15, -0.1) is 0 Å².